The second kappa shape index (κ2) is 19.8. The van der Waals surface area contributed by atoms with Crippen molar-refractivity contribution in [2.24, 2.45) is 5.92 Å². The molecule has 4 aromatic heterocycles. The van der Waals surface area contributed by atoms with Crippen LogP contribution in [0.1, 0.15) is 90.6 Å². The van der Waals surface area contributed by atoms with Crippen molar-refractivity contribution in [3.05, 3.63) is 65.4 Å². The number of anilines is 2. The van der Waals surface area contributed by atoms with Gasteiger partial charge in [0.15, 0.2) is 11.3 Å². The second-order valence-electron chi connectivity index (χ2n) is 17.3. The van der Waals surface area contributed by atoms with Crippen molar-refractivity contribution >= 4 is 45.8 Å². The number of benzene rings is 1. The highest BCUT2D eigenvalue weighted by atomic mass is 19.3. The van der Waals surface area contributed by atoms with E-state index in [0.29, 0.717) is 67.9 Å². The zero-order chi connectivity index (χ0) is 46.8. The number of imide groups is 1. The number of rotatable bonds is 12. The average Bonchev–Trinajstić information content (AvgIpc) is 4.05. The largest absolute Gasteiger partial charge is 0.369 e. The quantitative estimate of drug-likeness (QED) is 0.0948. The molecule has 2 N–H and O–H groups in total. The van der Waals surface area contributed by atoms with Crippen LogP contribution >= 0.6 is 0 Å². The molecule has 1 unspecified atom stereocenters. The number of hydrogen-bond donors (Lipinski definition) is 2. The molecule has 16 nitrogen and oxygen atoms in total. The number of nitrogens with zero attached hydrogens (tertiary/aromatic N) is 9. The first-order chi connectivity index (χ1) is 32.4. The number of amides is 3. The fourth-order valence-corrected chi connectivity index (χ4v) is 9.58. The second-order valence-corrected chi connectivity index (χ2v) is 17.3. The Morgan fingerprint density at radius 1 is 1.04 bits per heavy atom. The Morgan fingerprint density at radius 3 is 2.64 bits per heavy atom. The van der Waals surface area contributed by atoms with E-state index >= 15 is 4.39 Å². The number of para-hydroxylation sites is 1. The monoisotopic (exact) mass is 929 g/mol. The standard InChI is InChI=1S/C46H48F5N11O5/c1-2-16-60-41-28(5-3-7-30(41)39(56-60)31-12-13-38(63)55-45(31)64)6-4-20-66-35-14-17-58(24-33(35)47)23-27-8-10-29(11-9-27)62-25-34(40(57-62)43(50)51)53-46(65)32-22-52-61-18-15-37(54-44(32)61)59-19-21-67-36(26-59)42(48)49/h1,3,5,7,15,18,22,25,27,29,31,33,35-36,42-43H,8-14,16-17,19-21,23-24,26H2,(H,53,65)(H,55,63,64)/t27-,29-,31?,33-,35+,36-/m1/s1. The van der Waals surface area contributed by atoms with Crippen LogP contribution in [-0.2, 0) is 25.6 Å². The molecule has 3 saturated heterocycles. The normalized spacial score (nSPS) is 23.9. The summed E-state index contributed by atoms with van der Waals surface area (Å²) in [7, 11) is 0. The van der Waals surface area contributed by atoms with Gasteiger partial charge in [-0.25, -0.2) is 31.5 Å². The van der Waals surface area contributed by atoms with E-state index in [9.17, 15) is 31.9 Å². The van der Waals surface area contributed by atoms with Gasteiger partial charge in [0.05, 0.1) is 59.9 Å². The topological polar surface area (TPSA) is 166 Å². The number of aromatic nitrogens is 7. The lowest BCUT2D eigenvalue weighted by Crippen LogP contribution is -2.47. The van der Waals surface area contributed by atoms with E-state index in [1.807, 2.05) is 18.2 Å². The maximum Gasteiger partial charge on any atom is 0.284 e. The highest BCUT2D eigenvalue weighted by molar-refractivity contribution is 6.08. The number of alkyl halides is 5. The number of hydrogen-bond acceptors (Lipinski definition) is 11. The van der Waals surface area contributed by atoms with Crippen LogP contribution in [0.3, 0.4) is 0 Å². The average molecular weight is 930 g/mol. The van der Waals surface area contributed by atoms with Crippen LogP contribution in [0, 0.1) is 30.1 Å². The summed E-state index contributed by atoms with van der Waals surface area (Å²) in [6.07, 6.45) is 4.99. The number of likely N-dealkylation sites (tertiary alicyclic amines) is 1. The zero-order valence-corrected chi connectivity index (χ0v) is 36.3. The van der Waals surface area contributed by atoms with E-state index in [4.69, 9.17) is 15.9 Å². The third-order valence-electron chi connectivity index (χ3n) is 13.0. The highest BCUT2D eigenvalue weighted by Gasteiger charge is 2.35. The molecule has 0 spiro atoms. The van der Waals surface area contributed by atoms with Gasteiger partial charge in [0.25, 0.3) is 18.8 Å². The Kier molecular flexibility index (Phi) is 13.5. The molecule has 67 heavy (non-hydrogen) atoms. The van der Waals surface area contributed by atoms with Crippen molar-refractivity contribution in [2.75, 3.05) is 56.2 Å². The minimum absolute atomic E-state index is 0.00259. The van der Waals surface area contributed by atoms with E-state index < -0.39 is 54.7 Å². The van der Waals surface area contributed by atoms with Crippen LogP contribution in [0.15, 0.2) is 42.9 Å². The number of ether oxygens (including phenoxy) is 2. The molecule has 5 aromatic rings. The minimum Gasteiger partial charge on any atom is -0.369 e. The number of carbonyl (C=O) groups excluding carboxylic acids is 3. The van der Waals surface area contributed by atoms with Crippen molar-refractivity contribution in [1.29, 1.82) is 0 Å². The molecule has 21 heteroatoms. The van der Waals surface area contributed by atoms with Crippen molar-refractivity contribution in [2.45, 2.75) is 94.7 Å². The van der Waals surface area contributed by atoms with Crippen LogP contribution in [-0.4, -0.2) is 128 Å². The number of carbonyl (C=O) groups is 3. The first kappa shape index (κ1) is 45.7. The molecule has 352 valence electrons. The smallest absolute Gasteiger partial charge is 0.284 e. The van der Waals surface area contributed by atoms with Gasteiger partial charge in [-0.3, -0.25) is 34.0 Å². The maximum absolute atomic E-state index is 15.5. The van der Waals surface area contributed by atoms with Gasteiger partial charge in [-0.05, 0) is 56.6 Å². The van der Waals surface area contributed by atoms with Crippen molar-refractivity contribution in [3.63, 3.8) is 0 Å². The minimum atomic E-state index is -2.97. The molecule has 3 aliphatic heterocycles. The van der Waals surface area contributed by atoms with Gasteiger partial charge in [0.2, 0.25) is 11.8 Å². The number of fused-ring (bicyclic) bond motifs is 2. The Hall–Kier alpha value is -6.42. The first-order valence-corrected chi connectivity index (χ1v) is 22.3. The van der Waals surface area contributed by atoms with Crippen molar-refractivity contribution < 1.29 is 45.8 Å². The van der Waals surface area contributed by atoms with Crippen LogP contribution in [0.5, 0.6) is 0 Å². The van der Waals surface area contributed by atoms with E-state index in [-0.39, 0.29) is 74.0 Å². The van der Waals surface area contributed by atoms with E-state index in [1.54, 1.807) is 21.8 Å². The number of nitrogens with one attached hydrogen (secondary N) is 2. The lowest BCUT2D eigenvalue weighted by molar-refractivity contribution is -0.134. The summed E-state index contributed by atoms with van der Waals surface area (Å²) in [6.45, 7) is 1.99. The molecule has 7 heterocycles. The number of morpholine rings is 1. The van der Waals surface area contributed by atoms with Crippen molar-refractivity contribution in [3.8, 4) is 24.2 Å². The molecule has 4 fully saturated rings. The van der Waals surface area contributed by atoms with E-state index in [0.717, 1.165) is 18.2 Å². The molecule has 3 amide bonds. The predicted octanol–water partition coefficient (Wildman–Crippen LogP) is 5.30. The van der Waals surface area contributed by atoms with Gasteiger partial charge in [0.1, 0.15) is 36.8 Å². The maximum atomic E-state index is 15.5. The van der Waals surface area contributed by atoms with Crippen LogP contribution in [0.4, 0.5) is 33.5 Å². The Bertz CT molecular complexity index is 2750. The van der Waals surface area contributed by atoms with Gasteiger partial charge in [0, 0.05) is 50.4 Å². The van der Waals surface area contributed by atoms with E-state index in [1.165, 1.54) is 21.6 Å². The van der Waals surface area contributed by atoms with Gasteiger partial charge in [-0.2, -0.15) is 15.3 Å². The molecule has 4 aliphatic rings. The fourth-order valence-electron chi connectivity index (χ4n) is 9.58. The lowest BCUT2D eigenvalue weighted by atomic mass is 9.85. The third-order valence-corrected chi connectivity index (χ3v) is 13.0. The highest BCUT2D eigenvalue weighted by Crippen LogP contribution is 2.36. The molecule has 0 radical (unpaired) electrons. The summed E-state index contributed by atoms with van der Waals surface area (Å²) in [6, 6.07) is 6.89. The molecular weight excluding hydrogens is 882 g/mol. The Labute approximate surface area is 381 Å². The fraction of sp³-hybridized carbons (Fsp3) is 0.500. The van der Waals surface area contributed by atoms with Crippen LogP contribution in [0.2, 0.25) is 0 Å². The summed E-state index contributed by atoms with van der Waals surface area (Å²) < 4.78 is 86.4. The van der Waals surface area contributed by atoms with Gasteiger partial charge in [-0.1, -0.05) is 29.9 Å². The molecule has 1 aromatic carbocycles. The summed E-state index contributed by atoms with van der Waals surface area (Å²) >= 11 is 0. The van der Waals surface area contributed by atoms with Crippen LogP contribution in [0.25, 0.3) is 16.6 Å². The summed E-state index contributed by atoms with van der Waals surface area (Å²) in [5.74, 6) is 7.30. The summed E-state index contributed by atoms with van der Waals surface area (Å²) in [4.78, 5) is 46.2. The molecular formula is C46H48F5N11O5. The summed E-state index contributed by atoms with van der Waals surface area (Å²) in [5.41, 5.74) is 1.27. The van der Waals surface area contributed by atoms with Crippen molar-refractivity contribution in [1.82, 2.24) is 44.4 Å². The van der Waals surface area contributed by atoms with Crippen LogP contribution < -0.4 is 15.5 Å². The van der Waals surface area contributed by atoms with Gasteiger partial charge >= 0.3 is 0 Å². The molecule has 1 saturated carbocycles. The van der Waals surface area contributed by atoms with E-state index in [2.05, 4.69) is 53.6 Å². The number of piperidine rings is 2. The number of terminal acetylenes is 1. The predicted molar refractivity (Wildman–Crippen MR) is 233 cm³/mol. The first-order valence-electron chi connectivity index (χ1n) is 22.3. The summed E-state index contributed by atoms with van der Waals surface area (Å²) in [5, 5.41) is 18.7. The zero-order valence-electron chi connectivity index (χ0n) is 36.3. The molecule has 4 atom stereocenters. The molecule has 1 aliphatic carbocycles. The number of halogens is 5. The molecule has 9 rings (SSSR count). The SMILES string of the molecule is C#CCn1nc(C2CCC(=O)NC2=O)c2cccc(C#CCO[C@H]3CCN(C[C@H]4CC[C@H](n5cc(NC(=O)c6cnn7ccc(N8CCO[C@@H](C(F)F)C8)nc67)c(C(F)F)n5)CC4)C[C@H]3F)c21. The Morgan fingerprint density at radius 2 is 1.88 bits per heavy atom. The van der Waals surface area contributed by atoms with Gasteiger partial charge in [-0.15, -0.1) is 6.42 Å². The van der Waals surface area contributed by atoms with Gasteiger partial charge < -0.3 is 19.7 Å². The molecule has 0 bridgehead atoms. The Balaban J connectivity index is 0.764. The third kappa shape index (κ3) is 9.85. The lowest BCUT2D eigenvalue weighted by Gasteiger charge is -2.38.